The van der Waals surface area contributed by atoms with Gasteiger partial charge in [-0.05, 0) is 32.4 Å². The molecule has 94 valence electrons. The predicted octanol–water partition coefficient (Wildman–Crippen LogP) is 2.21. The number of ether oxygens (including phenoxy) is 1. The van der Waals surface area contributed by atoms with E-state index in [0.29, 0.717) is 13.0 Å². The van der Waals surface area contributed by atoms with Crippen molar-refractivity contribution in [3.8, 4) is 0 Å². The van der Waals surface area contributed by atoms with Crippen molar-refractivity contribution in [2.45, 2.75) is 44.3 Å². The van der Waals surface area contributed by atoms with Gasteiger partial charge in [0.1, 0.15) is 0 Å². The maximum atomic E-state index is 11.3. The van der Waals surface area contributed by atoms with Crippen molar-refractivity contribution in [1.29, 1.82) is 0 Å². The second kappa shape index (κ2) is 8.88. The lowest BCUT2D eigenvalue weighted by Gasteiger charge is -2.21. The lowest BCUT2D eigenvalue weighted by molar-refractivity contribution is -0.143. The highest BCUT2D eigenvalue weighted by molar-refractivity contribution is 7.99. The molecular weight excluding hydrogens is 222 g/mol. The molecule has 16 heavy (non-hydrogen) atoms. The summed E-state index contributed by atoms with van der Waals surface area (Å²) in [5, 5.41) is 4.08. The highest BCUT2D eigenvalue weighted by Crippen LogP contribution is 2.20. The number of hydrogen-bond acceptors (Lipinski definition) is 4. The number of unbranched alkanes of at least 4 members (excludes halogenated alkanes) is 1. The third-order valence-electron chi connectivity index (χ3n) is 2.71. The molecule has 0 aliphatic carbocycles. The lowest BCUT2D eigenvalue weighted by Crippen LogP contribution is -2.29. The molecule has 1 aliphatic rings. The summed E-state index contributed by atoms with van der Waals surface area (Å²) in [6.07, 6.45) is 5.09. The summed E-state index contributed by atoms with van der Waals surface area (Å²) < 4.78 is 5.11. The van der Waals surface area contributed by atoms with Gasteiger partial charge in [0.25, 0.3) is 0 Å². The first-order valence-corrected chi connectivity index (χ1v) is 7.35. The average Bonchev–Trinajstić information content (AvgIpc) is 2.31. The Morgan fingerprint density at radius 2 is 2.19 bits per heavy atom. The molecule has 4 heteroatoms. The molecule has 1 N–H and O–H groups in total. The van der Waals surface area contributed by atoms with Crippen LogP contribution in [0.2, 0.25) is 0 Å². The monoisotopic (exact) mass is 245 g/mol. The van der Waals surface area contributed by atoms with Crippen LogP contribution in [0, 0.1) is 0 Å². The summed E-state index contributed by atoms with van der Waals surface area (Å²) in [6, 6.07) is 0. The van der Waals surface area contributed by atoms with Crippen LogP contribution in [0.25, 0.3) is 0 Å². The molecule has 0 aromatic heterocycles. The van der Waals surface area contributed by atoms with E-state index in [1.165, 1.54) is 12.8 Å². The van der Waals surface area contributed by atoms with Crippen LogP contribution in [0.3, 0.4) is 0 Å². The zero-order valence-corrected chi connectivity index (χ0v) is 11.0. The second-order valence-electron chi connectivity index (χ2n) is 4.14. The molecule has 0 bridgehead atoms. The molecule has 0 radical (unpaired) electrons. The fraction of sp³-hybridized carbons (Fsp3) is 0.917. The van der Waals surface area contributed by atoms with Crippen molar-refractivity contribution < 1.29 is 9.53 Å². The zero-order valence-electron chi connectivity index (χ0n) is 10.2. The Morgan fingerprint density at radius 1 is 1.44 bits per heavy atom. The Hall–Kier alpha value is -0.220. The van der Waals surface area contributed by atoms with E-state index in [-0.39, 0.29) is 5.97 Å². The molecule has 1 heterocycles. The summed E-state index contributed by atoms with van der Waals surface area (Å²) >= 11 is 1.92. The molecule has 0 aromatic rings. The third-order valence-corrected chi connectivity index (χ3v) is 4.09. The van der Waals surface area contributed by atoms with Gasteiger partial charge in [-0.3, -0.25) is 4.79 Å². The molecule has 0 spiro atoms. The van der Waals surface area contributed by atoms with Crippen molar-refractivity contribution in [3.63, 3.8) is 0 Å². The highest BCUT2D eigenvalue weighted by Gasteiger charge is 2.13. The quantitative estimate of drug-likeness (QED) is 0.551. The van der Waals surface area contributed by atoms with Gasteiger partial charge in [0.15, 0.2) is 0 Å². The Kier molecular flexibility index (Phi) is 7.68. The first-order valence-electron chi connectivity index (χ1n) is 6.31. The van der Waals surface area contributed by atoms with E-state index < -0.39 is 0 Å². The summed E-state index contributed by atoms with van der Waals surface area (Å²) in [6.45, 7) is 4.94. The zero-order chi connectivity index (χ0) is 11.6. The van der Waals surface area contributed by atoms with E-state index in [2.05, 4.69) is 12.2 Å². The molecule has 0 amide bonds. The van der Waals surface area contributed by atoms with Crippen LogP contribution in [-0.2, 0) is 9.53 Å². The van der Waals surface area contributed by atoms with Crippen molar-refractivity contribution in [2.24, 2.45) is 0 Å². The Morgan fingerprint density at radius 3 is 2.88 bits per heavy atom. The molecule has 0 unspecified atom stereocenters. The van der Waals surface area contributed by atoms with E-state index in [1.54, 1.807) is 0 Å². The third kappa shape index (κ3) is 6.38. The van der Waals surface area contributed by atoms with Gasteiger partial charge in [0, 0.05) is 11.0 Å². The number of rotatable bonds is 7. The normalized spacial score (nSPS) is 17.3. The Labute approximate surface area is 103 Å². The van der Waals surface area contributed by atoms with Gasteiger partial charge in [-0.2, -0.15) is 11.8 Å². The van der Waals surface area contributed by atoms with Gasteiger partial charge in [-0.25, -0.2) is 0 Å². The number of carbonyl (C=O) groups excluding carboxylic acids is 1. The minimum absolute atomic E-state index is 0.0325. The molecule has 1 aliphatic heterocycles. The summed E-state index contributed by atoms with van der Waals surface area (Å²) in [4.78, 5) is 11.3. The maximum absolute atomic E-state index is 11.3. The number of nitrogens with one attached hydrogen (secondary N) is 1. The number of piperidine rings is 1. The Bertz CT molecular complexity index is 193. The van der Waals surface area contributed by atoms with E-state index in [4.69, 9.17) is 4.74 Å². The number of esters is 1. The predicted molar refractivity (Wildman–Crippen MR) is 68.8 cm³/mol. The number of thioether (sulfide) groups is 1. The fourth-order valence-electron chi connectivity index (χ4n) is 1.67. The SMILES string of the molecule is CCCCOC(=O)CCSC1CCNCC1. The topological polar surface area (TPSA) is 38.3 Å². The lowest BCUT2D eigenvalue weighted by atomic mass is 10.2. The summed E-state index contributed by atoms with van der Waals surface area (Å²) in [7, 11) is 0. The molecule has 1 saturated heterocycles. The molecule has 0 atom stereocenters. The first-order chi connectivity index (χ1) is 7.83. The van der Waals surface area contributed by atoms with Crippen LogP contribution in [0.1, 0.15) is 39.0 Å². The fourth-order valence-corrected chi connectivity index (χ4v) is 2.86. The van der Waals surface area contributed by atoms with Gasteiger partial charge in [-0.15, -0.1) is 0 Å². The largest absolute Gasteiger partial charge is 0.466 e. The van der Waals surface area contributed by atoms with Crippen LogP contribution in [0.15, 0.2) is 0 Å². The molecule has 1 fully saturated rings. The number of carbonyl (C=O) groups is 1. The van der Waals surface area contributed by atoms with E-state index in [1.807, 2.05) is 11.8 Å². The van der Waals surface area contributed by atoms with Gasteiger partial charge in [-0.1, -0.05) is 13.3 Å². The molecule has 3 nitrogen and oxygen atoms in total. The average molecular weight is 245 g/mol. The van der Waals surface area contributed by atoms with Crippen LogP contribution < -0.4 is 5.32 Å². The number of hydrogen-bond donors (Lipinski definition) is 1. The first kappa shape index (κ1) is 13.8. The van der Waals surface area contributed by atoms with E-state index >= 15 is 0 Å². The second-order valence-corrected chi connectivity index (χ2v) is 5.55. The van der Waals surface area contributed by atoms with Crippen molar-refractivity contribution in [3.05, 3.63) is 0 Å². The summed E-state index contributed by atoms with van der Waals surface area (Å²) in [5.74, 6) is 0.880. The summed E-state index contributed by atoms with van der Waals surface area (Å²) in [5.41, 5.74) is 0. The molecule has 1 rings (SSSR count). The molecular formula is C12H23NO2S. The van der Waals surface area contributed by atoms with Gasteiger partial charge >= 0.3 is 5.97 Å². The van der Waals surface area contributed by atoms with Gasteiger partial charge in [0.2, 0.25) is 0 Å². The minimum Gasteiger partial charge on any atom is -0.466 e. The van der Waals surface area contributed by atoms with Crippen LogP contribution >= 0.6 is 11.8 Å². The van der Waals surface area contributed by atoms with E-state index in [9.17, 15) is 4.79 Å². The van der Waals surface area contributed by atoms with Crippen LogP contribution in [0.4, 0.5) is 0 Å². The van der Waals surface area contributed by atoms with Gasteiger partial charge in [0.05, 0.1) is 13.0 Å². The molecule has 0 aromatic carbocycles. The minimum atomic E-state index is -0.0325. The van der Waals surface area contributed by atoms with Crippen LogP contribution in [0.5, 0.6) is 0 Å². The van der Waals surface area contributed by atoms with Crippen molar-refractivity contribution in [1.82, 2.24) is 5.32 Å². The smallest absolute Gasteiger partial charge is 0.306 e. The van der Waals surface area contributed by atoms with Crippen LogP contribution in [-0.4, -0.2) is 36.7 Å². The van der Waals surface area contributed by atoms with Crippen molar-refractivity contribution >= 4 is 17.7 Å². The van der Waals surface area contributed by atoms with Crippen molar-refractivity contribution in [2.75, 3.05) is 25.4 Å². The maximum Gasteiger partial charge on any atom is 0.306 e. The molecule has 0 saturated carbocycles. The van der Waals surface area contributed by atoms with Gasteiger partial charge < -0.3 is 10.1 Å². The van der Waals surface area contributed by atoms with E-state index in [0.717, 1.165) is 36.9 Å². The standard InChI is InChI=1S/C12H23NO2S/c1-2-3-9-15-12(14)6-10-16-11-4-7-13-8-5-11/h11,13H,2-10H2,1H3. The Balaban J connectivity index is 1.94. The highest BCUT2D eigenvalue weighted by atomic mass is 32.2.